The molecular weight excluding hydrogens is 374 g/mol. The van der Waals surface area contributed by atoms with Crippen molar-refractivity contribution in [2.75, 3.05) is 20.0 Å². The predicted octanol–water partition coefficient (Wildman–Crippen LogP) is 2.70. The molecule has 0 bridgehead atoms. The molecule has 0 saturated heterocycles. The van der Waals surface area contributed by atoms with E-state index in [0.717, 1.165) is 24.8 Å². The van der Waals surface area contributed by atoms with Gasteiger partial charge in [0.25, 0.3) is 5.91 Å². The lowest BCUT2D eigenvalue weighted by Gasteiger charge is -2.15. The van der Waals surface area contributed by atoms with Crippen LogP contribution in [0, 0.1) is 0 Å². The maximum atomic E-state index is 12.1. The predicted molar refractivity (Wildman–Crippen MR) is 104 cm³/mol. The molecule has 7 heteroatoms. The van der Waals surface area contributed by atoms with Crippen LogP contribution < -0.4 is 19.5 Å². The Bertz CT molecular complexity index is 926. The van der Waals surface area contributed by atoms with Crippen LogP contribution in [-0.2, 0) is 27.2 Å². The smallest absolute Gasteiger partial charge is 0.344 e. The Morgan fingerprint density at radius 3 is 2.76 bits per heavy atom. The van der Waals surface area contributed by atoms with Crippen LogP contribution in [0.3, 0.4) is 0 Å². The summed E-state index contributed by atoms with van der Waals surface area (Å²) in [5, 5.41) is 2.79. The highest BCUT2D eigenvalue weighted by molar-refractivity contribution is 5.81. The van der Waals surface area contributed by atoms with Gasteiger partial charge in [-0.1, -0.05) is 12.1 Å². The highest BCUT2D eigenvalue weighted by atomic mass is 16.7. The first-order valence-electron chi connectivity index (χ1n) is 9.67. The van der Waals surface area contributed by atoms with Gasteiger partial charge in [0.1, 0.15) is 5.75 Å². The SMILES string of the molecule is C[C@@H](NC(=O)COC(=O)COc1ccc2c(c1)CCC2)c1ccc2c(c1)OCO2. The molecule has 0 fully saturated rings. The minimum atomic E-state index is -0.587. The third-order valence-corrected chi connectivity index (χ3v) is 5.07. The lowest BCUT2D eigenvalue weighted by atomic mass is 10.1. The van der Waals surface area contributed by atoms with Crippen molar-refractivity contribution in [2.24, 2.45) is 0 Å². The first kappa shape index (κ1) is 19.1. The Morgan fingerprint density at radius 1 is 1.03 bits per heavy atom. The second-order valence-electron chi connectivity index (χ2n) is 7.14. The summed E-state index contributed by atoms with van der Waals surface area (Å²) < 4.78 is 21.1. The molecular formula is C22H23NO6. The second kappa shape index (κ2) is 8.43. The summed E-state index contributed by atoms with van der Waals surface area (Å²) in [5.74, 6) is 1.00. The number of hydrogen-bond acceptors (Lipinski definition) is 6. The van der Waals surface area contributed by atoms with Crippen molar-refractivity contribution >= 4 is 11.9 Å². The molecule has 7 nitrogen and oxygen atoms in total. The van der Waals surface area contributed by atoms with Gasteiger partial charge in [0, 0.05) is 0 Å². The summed E-state index contributed by atoms with van der Waals surface area (Å²) in [6.07, 6.45) is 3.29. The van der Waals surface area contributed by atoms with Gasteiger partial charge in [-0.15, -0.1) is 0 Å². The normalized spacial score (nSPS) is 14.8. The number of amides is 1. The van der Waals surface area contributed by atoms with Crippen LogP contribution in [0.5, 0.6) is 17.2 Å². The molecule has 29 heavy (non-hydrogen) atoms. The number of nitrogens with one attached hydrogen (secondary N) is 1. The fraction of sp³-hybridized carbons (Fsp3) is 0.364. The highest BCUT2D eigenvalue weighted by Crippen LogP contribution is 2.34. The summed E-state index contributed by atoms with van der Waals surface area (Å²) in [4.78, 5) is 24.0. The number of esters is 1. The van der Waals surface area contributed by atoms with E-state index in [0.29, 0.717) is 17.2 Å². The zero-order valence-corrected chi connectivity index (χ0v) is 16.2. The van der Waals surface area contributed by atoms with Gasteiger partial charge < -0.3 is 24.3 Å². The topological polar surface area (TPSA) is 83.1 Å². The van der Waals surface area contributed by atoms with Crippen molar-refractivity contribution in [1.82, 2.24) is 5.32 Å². The van der Waals surface area contributed by atoms with E-state index in [1.165, 1.54) is 11.1 Å². The quantitative estimate of drug-likeness (QED) is 0.724. The number of carbonyl (C=O) groups excluding carboxylic acids is 2. The Hall–Kier alpha value is -3.22. The minimum Gasteiger partial charge on any atom is -0.482 e. The number of ether oxygens (including phenoxy) is 4. The van der Waals surface area contributed by atoms with E-state index < -0.39 is 5.97 Å². The molecule has 1 atom stereocenters. The van der Waals surface area contributed by atoms with E-state index in [4.69, 9.17) is 18.9 Å². The fourth-order valence-corrected chi connectivity index (χ4v) is 3.52. The average molecular weight is 397 g/mol. The molecule has 1 heterocycles. The van der Waals surface area contributed by atoms with E-state index in [1.54, 1.807) is 6.07 Å². The van der Waals surface area contributed by atoms with Crippen LogP contribution in [0.4, 0.5) is 0 Å². The largest absolute Gasteiger partial charge is 0.482 e. The molecule has 1 aliphatic heterocycles. The first-order valence-corrected chi connectivity index (χ1v) is 9.67. The molecule has 0 unspecified atom stereocenters. The Kier molecular flexibility index (Phi) is 5.55. The van der Waals surface area contributed by atoms with Crippen LogP contribution in [0.2, 0.25) is 0 Å². The van der Waals surface area contributed by atoms with Gasteiger partial charge in [0.05, 0.1) is 6.04 Å². The van der Waals surface area contributed by atoms with Gasteiger partial charge in [-0.3, -0.25) is 4.79 Å². The molecule has 2 aliphatic rings. The lowest BCUT2D eigenvalue weighted by molar-refractivity contribution is -0.150. The van der Waals surface area contributed by atoms with Crippen molar-refractivity contribution in [2.45, 2.75) is 32.2 Å². The number of fused-ring (bicyclic) bond motifs is 2. The Labute approximate surface area is 168 Å². The first-order chi connectivity index (χ1) is 14.1. The van der Waals surface area contributed by atoms with E-state index >= 15 is 0 Å². The van der Waals surface area contributed by atoms with Gasteiger partial charge in [-0.25, -0.2) is 4.79 Å². The molecule has 1 N–H and O–H groups in total. The number of carbonyl (C=O) groups is 2. The van der Waals surface area contributed by atoms with E-state index in [9.17, 15) is 9.59 Å². The number of hydrogen-bond donors (Lipinski definition) is 1. The average Bonchev–Trinajstić information content (AvgIpc) is 3.38. The maximum Gasteiger partial charge on any atom is 0.344 e. The van der Waals surface area contributed by atoms with Crippen molar-refractivity contribution in [1.29, 1.82) is 0 Å². The van der Waals surface area contributed by atoms with Crippen LogP contribution in [0.1, 0.15) is 36.1 Å². The summed E-state index contributed by atoms with van der Waals surface area (Å²) in [6, 6.07) is 11.1. The number of benzene rings is 2. The van der Waals surface area contributed by atoms with E-state index in [-0.39, 0.29) is 32.0 Å². The molecule has 4 rings (SSSR count). The number of aryl methyl sites for hydroxylation is 2. The summed E-state index contributed by atoms with van der Waals surface area (Å²) in [5.41, 5.74) is 3.48. The number of rotatable bonds is 7. The molecule has 2 aromatic rings. The van der Waals surface area contributed by atoms with Crippen LogP contribution >= 0.6 is 0 Å². The lowest BCUT2D eigenvalue weighted by Crippen LogP contribution is -2.31. The van der Waals surface area contributed by atoms with E-state index in [2.05, 4.69) is 5.32 Å². The second-order valence-corrected chi connectivity index (χ2v) is 7.14. The third-order valence-electron chi connectivity index (χ3n) is 5.07. The van der Waals surface area contributed by atoms with E-state index in [1.807, 2.05) is 37.3 Å². The molecule has 1 amide bonds. The molecule has 0 aromatic heterocycles. The Balaban J connectivity index is 1.20. The summed E-state index contributed by atoms with van der Waals surface area (Å²) in [6.45, 7) is 1.45. The molecule has 0 radical (unpaired) electrons. The summed E-state index contributed by atoms with van der Waals surface area (Å²) in [7, 11) is 0. The minimum absolute atomic E-state index is 0.197. The molecule has 2 aromatic carbocycles. The van der Waals surface area contributed by atoms with Crippen molar-refractivity contribution in [3.05, 3.63) is 53.1 Å². The monoisotopic (exact) mass is 397 g/mol. The highest BCUT2D eigenvalue weighted by Gasteiger charge is 2.18. The summed E-state index contributed by atoms with van der Waals surface area (Å²) >= 11 is 0. The van der Waals surface area contributed by atoms with Gasteiger partial charge in [-0.2, -0.15) is 0 Å². The standard InChI is InChI=1S/C22H23NO6/c1-14(16-6-8-19-20(10-16)29-13-28-19)23-21(24)11-27-22(25)12-26-18-7-5-15-3-2-4-17(15)9-18/h5-10,14H,2-4,11-13H2,1H3,(H,23,24)/t14-/m1/s1. The molecule has 0 spiro atoms. The van der Waals surface area contributed by atoms with Crippen molar-refractivity contribution < 1.29 is 28.5 Å². The van der Waals surface area contributed by atoms with Gasteiger partial charge in [-0.05, 0) is 67.1 Å². The third kappa shape index (κ3) is 4.62. The molecule has 0 saturated carbocycles. The van der Waals surface area contributed by atoms with Crippen molar-refractivity contribution in [3.63, 3.8) is 0 Å². The van der Waals surface area contributed by atoms with Gasteiger partial charge >= 0.3 is 5.97 Å². The molecule has 1 aliphatic carbocycles. The zero-order chi connectivity index (χ0) is 20.2. The van der Waals surface area contributed by atoms with Gasteiger partial charge in [0.2, 0.25) is 6.79 Å². The van der Waals surface area contributed by atoms with Gasteiger partial charge in [0.15, 0.2) is 24.7 Å². The van der Waals surface area contributed by atoms with Crippen LogP contribution in [-0.4, -0.2) is 31.9 Å². The van der Waals surface area contributed by atoms with Crippen molar-refractivity contribution in [3.8, 4) is 17.2 Å². The van der Waals surface area contributed by atoms with Crippen LogP contribution in [0.25, 0.3) is 0 Å². The maximum absolute atomic E-state index is 12.1. The zero-order valence-electron chi connectivity index (χ0n) is 16.2. The Morgan fingerprint density at radius 2 is 1.86 bits per heavy atom. The fourth-order valence-electron chi connectivity index (χ4n) is 3.52. The van der Waals surface area contributed by atoms with Crippen LogP contribution in [0.15, 0.2) is 36.4 Å². The molecule has 152 valence electrons.